The maximum absolute atomic E-state index is 15.5. The number of rotatable bonds is 4. The minimum Gasteiger partial charge on any atom is -0.393 e. The fraction of sp³-hybridized carbons (Fsp3) is 0.791. The molecule has 7 fully saturated rings. The lowest BCUT2D eigenvalue weighted by Crippen LogP contribution is -2.67. The van der Waals surface area contributed by atoms with Crippen LogP contribution in [-0.2, 0) is 4.79 Å². The van der Waals surface area contributed by atoms with Crippen LogP contribution in [0.5, 0.6) is 0 Å². The van der Waals surface area contributed by atoms with Crippen molar-refractivity contribution < 1.29 is 9.90 Å². The van der Waals surface area contributed by atoms with Gasteiger partial charge in [-0.15, -0.1) is 0 Å². The van der Waals surface area contributed by atoms with Crippen molar-refractivity contribution in [3.8, 4) is 11.4 Å². The van der Waals surface area contributed by atoms with Gasteiger partial charge in [0.05, 0.1) is 35.1 Å². The Morgan fingerprint density at radius 2 is 1.63 bits per heavy atom. The molecular formula is C43H62N4O2. The van der Waals surface area contributed by atoms with Gasteiger partial charge in [0.1, 0.15) is 5.82 Å². The Morgan fingerprint density at radius 1 is 0.816 bits per heavy atom. The largest absolute Gasteiger partial charge is 0.393 e. The summed E-state index contributed by atoms with van der Waals surface area (Å²) >= 11 is 0. The average molecular weight is 667 g/mol. The molecule has 2 N–H and O–H groups in total. The van der Waals surface area contributed by atoms with Gasteiger partial charge in [-0.2, -0.15) is 0 Å². The Morgan fingerprint density at radius 3 is 2.39 bits per heavy atom. The third kappa shape index (κ3) is 4.31. The number of likely N-dealkylation sites (tertiary alicyclic amines) is 1. The molecule has 11 atom stereocenters. The van der Waals surface area contributed by atoms with Gasteiger partial charge in [-0.1, -0.05) is 47.6 Å². The number of pyridine rings is 1. The highest BCUT2D eigenvalue weighted by Gasteiger charge is 2.73. The zero-order valence-corrected chi connectivity index (χ0v) is 31.2. The number of carbonyl (C=O) groups excluding carboxylic acids is 1. The van der Waals surface area contributed by atoms with E-state index in [9.17, 15) is 5.11 Å². The zero-order chi connectivity index (χ0) is 34.2. The van der Waals surface area contributed by atoms with Crippen molar-refractivity contribution in [2.45, 2.75) is 144 Å². The highest BCUT2D eigenvalue weighted by Crippen LogP contribution is 2.79. The molecule has 0 bridgehead atoms. The lowest BCUT2D eigenvalue weighted by atomic mass is 9.32. The van der Waals surface area contributed by atoms with E-state index in [-0.39, 0.29) is 39.2 Å². The molecule has 49 heavy (non-hydrogen) atoms. The summed E-state index contributed by atoms with van der Waals surface area (Å²) in [5, 5.41) is 11.2. The molecule has 1 unspecified atom stereocenters. The van der Waals surface area contributed by atoms with E-state index in [1.165, 1.54) is 57.8 Å². The van der Waals surface area contributed by atoms with Gasteiger partial charge in [0.2, 0.25) is 5.91 Å². The molecule has 266 valence electrons. The second-order valence-corrected chi connectivity index (χ2v) is 20.1. The minimum atomic E-state index is -0.235. The van der Waals surface area contributed by atoms with Crippen LogP contribution >= 0.6 is 0 Å². The number of aromatic amines is 1. The summed E-state index contributed by atoms with van der Waals surface area (Å²) in [4.78, 5) is 30.8. The average Bonchev–Trinajstić information content (AvgIpc) is 3.48. The quantitative estimate of drug-likeness (QED) is 0.341. The SMILES string of the molecule is CC1(C2CC[C@]3(C(=O)N4CCC[C@H]4c4ncc(-c5ccccn5)[nH]4)CC[C@]4(C)[C@H](CC[C@@H]5[C@@]6(C)CC[C@H](O)C(C)(C)[C@@H]6CC[C@]54C)[C@@H]23)CC1. The third-order valence-corrected chi connectivity index (χ3v) is 18.1. The van der Waals surface area contributed by atoms with Gasteiger partial charge >= 0.3 is 0 Å². The van der Waals surface area contributed by atoms with Gasteiger partial charge in [0.25, 0.3) is 0 Å². The lowest BCUT2D eigenvalue weighted by Gasteiger charge is -2.73. The molecule has 2 aromatic rings. The van der Waals surface area contributed by atoms with E-state index in [0.29, 0.717) is 40.9 Å². The summed E-state index contributed by atoms with van der Waals surface area (Å²) in [6, 6.07) is 6.01. The highest BCUT2D eigenvalue weighted by molar-refractivity contribution is 5.84. The predicted molar refractivity (Wildman–Crippen MR) is 193 cm³/mol. The summed E-state index contributed by atoms with van der Waals surface area (Å²) < 4.78 is 0. The van der Waals surface area contributed by atoms with E-state index in [1.54, 1.807) is 0 Å². The Bertz CT molecular complexity index is 1610. The van der Waals surface area contributed by atoms with Crippen molar-refractivity contribution in [3.05, 3.63) is 36.4 Å². The summed E-state index contributed by atoms with van der Waals surface area (Å²) in [7, 11) is 0. The lowest BCUT2D eigenvalue weighted by molar-refractivity contribution is -0.249. The number of amides is 1. The van der Waals surface area contributed by atoms with Gasteiger partial charge < -0.3 is 15.0 Å². The maximum Gasteiger partial charge on any atom is 0.229 e. The molecule has 1 amide bonds. The molecular weight excluding hydrogens is 604 g/mol. The topological polar surface area (TPSA) is 82.1 Å². The summed E-state index contributed by atoms with van der Waals surface area (Å²) in [5.74, 6) is 4.44. The normalized spacial score (nSPS) is 46.3. The molecule has 0 aromatic carbocycles. The number of aliphatic hydroxyl groups is 1. The number of hydrogen-bond donors (Lipinski definition) is 2. The zero-order valence-electron chi connectivity index (χ0n) is 31.2. The molecule has 9 rings (SSSR count). The highest BCUT2D eigenvalue weighted by atomic mass is 16.3. The molecule has 0 radical (unpaired) electrons. The van der Waals surface area contributed by atoms with E-state index >= 15 is 4.79 Å². The van der Waals surface area contributed by atoms with Crippen LogP contribution < -0.4 is 0 Å². The van der Waals surface area contributed by atoms with Crippen molar-refractivity contribution in [1.29, 1.82) is 0 Å². The van der Waals surface area contributed by atoms with E-state index in [1.807, 2.05) is 30.6 Å². The number of aromatic nitrogens is 3. The fourth-order valence-electron chi connectivity index (χ4n) is 15.0. The van der Waals surface area contributed by atoms with E-state index in [4.69, 9.17) is 4.98 Å². The molecule has 2 aromatic heterocycles. The Kier molecular flexibility index (Phi) is 7.12. The number of H-pyrrole nitrogens is 1. The van der Waals surface area contributed by atoms with Crippen molar-refractivity contribution in [2.24, 2.45) is 62.1 Å². The van der Waals surface area contributed by atoms with Crippen LogP contribution in [0.3, 0.4) is 0 Å². The summed E-state index contributed by atoms with van der Waals surface area (Å²) in [5.41, 5.74) is 2.81. The maximum atomic E-state index is 15.5. The van der Waals surface area contributed by atoms with Crippen molar-refractivity contribution in [1.82, 2.24) is 19.9 Å². The number of fused-ring (bicyclic) bond motifs is 7. The Balaban J connectivity index is 1.06. The first-order chi connectivity index (χ1) is 23.3. The molecule has 1 saturated heterocycles. The first kappa shape index (κ1) is 32.7. The fourth-order valence-corrected chi connectivity index (χ4v) is 15.0. The summed E-state index contributed by atoms with van der Waals surface area (Å²) in [6.07, 6.45) is 20.0. The van der Waals surface area contributed by atoms with Crippen LogP contribution in [0.2, 0.25) is 0 Å². The van der Waals surface area contributed by atoms with Crippen LogP contribution in [-0.4, -0.2) is 43.5 Å². The second-order valence-electron chi connectivity index (χ2n) is 20.1. The predicted octanol–water partition coefficient (Wildman–Crippen LogP) is 9.38. The molecule has 6 heteroatoms. The van der Waals surface area contributed by atoms with Crippen molar-refractivity contribution in [2.75, 3.05) is 6.54 Å². The second kappa shape index (κ2) is 10.7. The standard InChI is InChI=1S/C43H62N4O2/c1-38(2)32-15-18-42(6)33(40(32,4)17-16-34(38)48)13-12-28-35-27(39(3)20-21-39)14-19-43(35,23-22-41(28,42)5)37(49)47-25-9-11-31(47)36-45-26-30(46-36)29-10-7-8-24-44-29/h7-8,10,24,26-28,31-35,48H,9,11-23,25H2,1-6H3,(H,45,46)/t27?,28-,31+,32+,33-,34+,35-,40+,41-,42-,43+/m1/s1. The van der Waals surface area contributed by atoms with Crippen LogP contribution in [0.1, 0.15) is 143 Å². The molecule has 3 heterocycles. The van der Waals surface area contributed by atoms with Crippen molar-refractivity contribution in [3.63, 3.8) is 0 Å². The number of nitrogens with one attached hydrogen (secondary N) is 1. The van der Waals surface area contributed by atoms with Crippen molar-refractivity contribution >= 4 is 5.91 Å². The molecule has 6 saturated carbocycles. The molecule has 1 aliphatic heterocycles. The van der Waals surface area contributed by atoms with E-state index in [0.717, 1.165) is 55.9 Å². The molecule has 0 spiro atoms. The Labute approximate surface area is 295 Å². The minimum absolute atomic E-state index is 0.0179. The van der Waals surface area contributed by atoms with Crippen LogP contribution in [0.4, 0.5) is 0 Å². The van der Waals surface area contributed by atoms with Gasteiger partial charge in [0, 0.05) is 12.7 Å². The van der Waals surface area contributed by atoms with Crippen LogP contribution in [0.25, 0.3) is 11.4 Å². The molecule has 6 nitrogen and oxygen atoms in total. The van der Waals surface area contributed by atoms with Gasteiger partial charge in [0.15, 0.2) is 0 Å². The van der Waals surface area contributed by atoms with E-state index in [2.05, 4.69) is 56.4 Å². The van der Waals surface area contributed by atoms with Crippen LogP contribution in [0, 0.1) is 62.1 Å². The molecule has 6 aliphatic carbocycles. The Hall–Kier alpha value is -2.21. The van der Waals surface area contributed by atoms with Crippen LogP contribution in [0.15, 0.2) is 30.6 Å². The smallest absolute Gasteiger partial charge is 0.229 e. The summed E-state index contributed by atoms with van der Waals surface area (Å²) in [6.45, 7) is 16.2. The number of carbonyl (C=O) groups is 1. The van der Waals surface area contributed by atoms with Gasteiger partial charge in [-0.05, 0) is 159 Å². The number of hydrogen-bond acceptors (Lipinski definition) is 4. The first-order valence-electron chi connectivity index (χ1n) is 20.2. The number of aliphatic hydroxyl groups excluding tert-OH is 1. The monoisotopic (exact) mass is 666 g/mol. The number of imidazole rings is 1. The third-order valence-electron chi connectivity index (χ3n) is 18.1. The first-order valence-corrected chi connectivity index (χ1v) is 20.2. The molecule has 7 aliphatic rings. The number of nitrogens with zero attached hydrogens (tertiary/aromatic N) is 3. The van der Waals surface area contributed by atoms with Gasteiger partial charge in [-0.3, -0.25) is 9.78 Å². The van der Waals surface area contributed by atoms with Gasteiger partial charge in [-0.25, -0.2) is 4.98 Å². The van der Waals surface area contributed by atoms with E-state index < -0.39 is 0 Å².